The highest BCUT2D eigenvalue weighted by Gasteiger charge is 2.01. The summed E-state index contributed by atoms with van der Waals surface area (Å²) in [4.78, 5) is 11.6. The summed E-state index contributed by atoms with van der Waals surface area (Å²) in [5, 5.41) is 3.00. The number of carbonyl (C=O) groups is 1. The van der Waals surface area contributed by atoms with E-state index in [0.29, 0.717) is 0 Å². The molecule has 0 amide bonds. The molecule has 2 rings (SSSR count). The molecule has 0 bridgehead atoms. The van der Waals surface area contributed by atoms with Crippen molar-refractivity contribution in [2.24, 2.45) is 0 Å². The maximum atomic E-state index is 11.6. The standard InChI is InChI=1S/C18H19NO3/c1-21-17-11-9-16(10-12-17)19-14-18(20)22-13-5-8-15-6-3-2-4-7-15/h2-12,19H,13-14H2,1H3/b8-5+. The SMILES string of the molecule is COc1ccc(NCC(=O)OC/C=C/c2ccccc2)cc1. The Balaban J connectivity index is 1.68. The van der Waals surface area contributed by atoms with Crippen molar-refractivity contribution < 1.29 is 14.3 Å². The zero-order valence-electron chi connectivity index (χ0n) is 12.5. The van der Waals surface area contributed by atoms with Gasteiger partial charge in [-0.15, -0.1) is 0 Å². The lowest BCUT2D eigenvalue weighted by atomic mass is 10.2. The number of rotatable bonds is 7. The van der Waals surface area contributed by atoms with Gasteiger partial charge in [0.25, 0.3) is 0 Å². The topological polar surface area (TPSA) is 47.6 Å². The van der Waals surface area contributed by atoms with E-state index in [0.717, 1.165) is 17.0 Å². The smallest absolute Gasteiger partial charge is 0.325 e. The molecule has 0 aliphatic carbocycles. The molecule has 0 saturated carbocycles. The minimum Gasteiger partial charge on any atom is -0.497 e. The molecule has 114 valence electrons. The molecule has 0 saturated heterocycles. The van der Waals surface area contributed by atoms with Crippen LogP contribution in [0.2, 0.25) is 0 Å². The second-order valence-corrected chi connectivity index (χ2v) is 4.58. The number of carbonyl (C=O) groups excluding carboxylic acids is 1. The van der Waals surface area contributed by atoms with Crippen LogP contribution in [0.25, 0.3) is 6.08 Å². The number of hydrogen-bond donors (Lipinski definition) is 1. The minimum atomic E-state index is -0.298. The third kappa shape index (κ3) is 5.32. The van der Waals surface area contributed by atoms with Gasteiger partial charge in [0.1, 0.15) is 18.9 Å². The van der Waals surface area contributed by atoms with Crippen LogP contribution in [0.15, 0.2) is 60.7 Å². The summed E-state index contributed by atoms with van der Waals surface area (Å²) >= 11 is 0. The molecule has 2 aromatic carbocycles. The van der Waals surface area contributed by atoms with Gasteiger partial charge in [-0.05, 0) is 35.9 Å². The van der Waals surface area contributed by atoms with Crippen molar-refractivity contribution in [3.8, 4) is 5.75 Å². The zero-order valence-corrected chi connectivity index (χ0v) is 12.5. The summed E-state index contributed by atoms with van der Waals surface area (Å²) in [6.45, 7) is 0.392. The summed E-state index contributed by atoms with van der Waals surface area (Å²) < 4.78 is 10.2. The van der Waals surface area contributed by atoms with Crippen molar-refractivity contribution >= 4 is 17.7 Å². The number of esters is 1. The quantitative estimate of drug-likeness (QED) is 0.796. The maximum Gasteiger partial charge on any atom is 0.325 e. The number of ether oxygens (including phenoxy) is 2. The Morgan fingerprint density at radius 3 is 2.50 bits per heavy atom. The first kappa shape index (κ1) is 15.6. The lowest BCUT2D eigenvalue weighted by molar-refractivity contribution is -0.140. The van der Waals surface area contributed by atoms with Crippen molar-refractivity contribution in [2.45, 2.75) is 0 Å². The lowest BCUT2D eigenvalue weighted by Gasteiger charge is -2.06. The second kappa shape index (κ2) is 8.52. The molecule has 0 fully saturated rings. The molecule has 1 N–H and O–H groups in total. The molecule has 4 heteroatoms. The Hall–Kier alpha value is -2.75. The van der Waals surface area contributed by atoms with E-state index in [4.69, 9.17) is 9.47 Å². The van der Waals surface area contributed by atoms with Gasteiger partial charge < -0.3 is 14.8 Å². The summed E-state index contributed by atoms with van der Waals surface area (Å²) in [5.41, 5.74) is 1.92. The highest BCUT2D eigenvalue weighted by molar-refractivity contribution is 5.75. The Kier molecular flexibility index (Phi) is 6.05. The molecular weight excluding hydrogens is 278 g/mol. The van der Waals surface area contributed by atoms with Crippen LogP contribution in [0.4, 0.5) is 5.69 Å². The van der Waals surface area contributed by atoms with Crippen molar-refractivity contribution in [1.82, 2.24) is 0 Å². The average Bonchev–Trinajstić information content (AvgIpc) is 2.58. The molecule has 0 spiro atoms. The maximum absolute atomic E-state index is 11.6. The summed E-state index contributed by atoms with van der Waals surface area (Å²) in [5.74, 6) is 0.479. The normalized spacial score (nSPS) is 10.4. The molecule has 0 aliphatic rings. The molecular formula is C18H19NO3. The van der Waals surface area contributed by atoms with Crippen LogP contribution in [0.5, 0.6) is 5.75 Å². The Labute approximate surface area is 130 Å². The average molecular weight is 297 g/mol. The van der Waals surface area contributed by atoms with Gasteiger partial charge in [0.05, 0.1) is 7.11 Å². The minimum absolute atomic E-state index is 0.130. The Morgan fingerprint density at radius 2 is 1.82 bits per heavy atom. The molecule has 0 aliphatic heterocycles. The van der Waals surface area contributed by atoms with Crippen LogP contribution >= 0.6 is 0 Å². The van der Waals surface area contributed by atoms with E-state index in [1.54, 1.807) is 7.11 Å². The molecule has 0 heterocycles. The lowest BCUT2D eigenvalue weighted by Crippen LogP contribution is -2.16. The van der Waals surface area contributed by atoms with Gasteiger partial charge >= 0.3 is 5.97 Å². The monoisotopic (exact) mass is 297 g/mol. The van der Waals surface area contributed by atoms with Crippen molar-refractivity contribution in [3.05, 3.63) is 66.2 Å². The first-order chi connectivity index (χ1) is 10.8. The number of anilines is 1. The van der Waals surface area contributed by atoms with Crippen molar-refractivity contribution in [1.29, 1.82) is 0 Å². The van der Waals surface area contributed by atoms with Gasteiger partial charge in [-0.25, -0.2) is 0 Å². The number of benzene rings is 2. The highest BCUT2D eigenvalue weighted by atomic mass is 16.5. The number of methoxy groups -OCH3 is 1. The van der Waals surface area contributed by atoms with E-state index in [2.05, 4.69) is 5.32 Å². The van der Waals surface area contributed by atoms with Crippen molar-refractivity contribution in [3.63, 3.8) is 0 Å². The number of nitrogens with one attached hydrogen (secondary N) is 1. The van der Waals surface area contributed by atoms with Crippen LogP contribution in [-0.4, -0.2) is 26.2 Å². The van der Waals surface area contributed by atoms with Crippen LogP contribution in [0.3, 0.4) is 0 Å². The van der Waals surface area contributed by atoms with Crippen molar-refractivity contribution in [2.75, 3.05) is 25.6 Å². The molecule has 0 unspecified atom stereocenters. The summed E-state index contributed by atoms with van der Waals surface area (Å²) in [7, 11) is 1.61. The predicted octanol–water partition coefficient (Wildman–Crippen LogP) is 3.36. The third-order valence-corrected chi connectivity index (χ3v) is 2.98. The van der Waals surface area contributed by atoms with Gasteiger partial charge in [0, 0.05) is 5.69 Å². The highest BCUT2D eigenvalue weighted by Crippen LogP contribution is 2.14. The fourth-order valence-electron chi connectivity index (χ4n) is 1.82. The van der Waals surface area contributed by atoms with Crippen LogP contribution in [0, 0.1) is 0 Å². The fraction of sp³-hybridized carbons (Fsp3) is 0.167. The first-order valence-corrected chi connectivity index (χ1v) is 7.03. The van der Waals surface area contributed by atoms with E-state index in [1.807, 2.05) is 66.7 Å². The van der Waals surface area contributed by atoms with Crippen LogP contribution < -0.4 is 10.1 Å². The van der Waals surface area contributed by atoms with Gasteiger partial charge in [0.15, 0.2) is 0 Å². The van der Waals surface area contributed by atoms with E-state index in [1.165, 1.54) is 0 Å². The van der Waals surface area contributed by atoms with Gasteiger partial charge in [-0.1, -0.05) is 36.4 Å². The van der Waals surface area contributed by atoms with Crippen LogP contribution in [0.1, 0.15) is 5.56 Å². The molecule has 22 heavy (non-hydrogen) atoms. The second-order valence-electron chi connectivity index (χ2n) is 4.58. The fourth-order valence-corrected chi connectivity index (χ4v) is 1.82. The van der Waals surface area contributed by atoms with Gasteiger partial charge in [-0.2, -0.15) is 0 Å². The Morgan fingerprint density at radius 1 is 1.09 bits per heavy atom. The summed E-state index contributed by atoms with van der Waals surface area (Å²) in [6, 6.07) is 17.2. The number of hydrogen-bond acceptors (Lipinski definition) is 4. The molecule has 0 aromatic heterocycles. The van der Waals surface area contributed by atoms with E-state index in [-0.39, 0.29) is 19.1 Å². The third-order valence-electron chi connectivity index (χ3n) is 2.98. The van der Waals surface area contributed by atoms with E-state index in [9.17, 15) is 4.79 Å². The van der Waals surface area contributed by atoms with E-state index < -0.39 is 0 Å². The molecule has 0 radical (unpaired) electrons. The zero-order chi connectivity index (χ0) is 15.6. The van der Waals surface area contributed by atoms with Crippen LogP contribution in [-0.2, 0) is 9.53 Å². The predicted molar refractivity (Wildman–Crippen MR) is 87.9 cm³/mol. The summed E-state index contributed by atoms with van der Waals surface area (Å²) in [6.07, 6.45) is 3.74. The van der Waals surface area contributed by atoms with E-state index >= 15 is 0 Å². The molecule has 2 aromatic rings. The van der Waals surface area contributed by atoms with Gasteiger partial charge in [-0.3, -0.25) is 4.79 Å². The molecule has 0 atom stereocenters. The van der Waals surface area contributed by atoms with Gasteiger partial charge in [0.2, 0.25) is 0 Å². The molecule has 4 nitrogen and oxygen atoms in total. The first-order valence-electron chi connectivity index (χ1n) is 7.03. The largest absolute Gasteiger partial charge is 0.497 e. The Bertz CT molecular complexity index is 606.